The minimum Gasteiger partial charge on any atom is -0.405 e. The van der Waals surface area contributed by atoms with Crippen LogP contribution in [0.1, 0.15) is 12.5 Å². The predicted molar refractivity (Wildman–Crippen MR) is 41.3 cm³/mol. The molecule has 0 amide bonds. The lowest BCUT2D eigenvalue weighted by Gasteiger charge is -2.11. The zero-order valence-corrected chi connectivity index (χ0v) is 6.98. The van der Waals surface area contributed by atoms with Crippen LogP contribution in [0.5, 0.6) is 5.75 Å². The largest absolute Gasteiger partial charge is 0.573 e. The molecule has 1 aromatic rings. The molecule has 0 heterocycles. The molecule has 0 atom stereocenters. The highest BCUT2D eigenvalue weighted by molar-refractivity contribution is 5.32. The Morgan fingerprint density at radius 2 is 2.15 bits per heavy atom. The molecule has 1 nitrogen and oxygen atoms in total. The van der Waals surface area contributed by atoms with Gasteiger partial charge in [0.1, 0.15) is 5.75 Å². The summed E-state index contributed by atoms with van der Waals surface area (Å²) in [6, 6.07) is 6.83. The quantitative estimate of drug-likeness (QED) is 0.694. The minimum atomic E-state index is -4.63. The Labute approximate surface area is 74.1 Å². The summed E-state index contributed by atoms with van der Waals surface area (Å²) in [5, 5.41) is 0. The van der Waals surface area contributed by atoms with E-state index in [0.29, 0.717) is 12.0 Å². The second-order valence-electron chi connectivity index (χ2n) is 2.44. The zero-order chi connectivity index (χ0) is 9.90. The van der Waals surface area contributed by atoms with Gasteiger partial charge in [-0.2, -0.15) is 0 Å². The number of benzene rings is 1. The molecule has 0 aliphatic carbocycles. The molecule has 0 saturated carbocycles. The Balaban J connectivity index is 2.87. The van der Waals surface area contributed by atoms with E-state index in [-0.39, 0.29) is 5.75 Å². The van der Waals surface area contributed by atoms with Crippen LogP contribution in [0.15, 0.2) is 18.2 Å². The molecule has 0 aliphatic rings. The van der Waals surface area contributed by atoms with Crippen molar-refractivity contribution in [3.8, 4) is 5.75 Å². The number of hydrogen-bond donors (Lipinski definition) is 0. The smallest absolute Gasteiger partial charge is 0.405 e. The lowest BCUT2D eigenvalue weighted by atomic mass is 10.1. The molecule has 0 fully saturated rings. The summed E-state index contributed by atoms with van der Waals surface area (Å²) in [7, 11) is 0. The van der Waals surface area contributed by atoms with Crippen LogP contribution in [0.4, 0.5) is 13.2 Å². The molecular formula is C9H8F3O. The first-order valence-electron chi connectivity index (χ1n) is 3.77. The van der Waals surface area contributed by atoms with Crippen molar-refractivity contribution in [3.05, 3.63) is 29.8 Å². The van der Waals surface area contributed by atoms with Crippen molar-refractivity contribution in [1.82, 2.24) is 0 Å². The topological polar surface area (TPSA) is 9.23 Å². The lowest BCUT2D eigenvalue weighted by molar-refractivity contribution is -0.274. The molecule has 1 rings (SSSR count). The molecule has 13 heavy (non-hydrogen) atoms. The third kappa shape index (κ3) is 2.97. The second kappa shape index (κ2) is 3.68. The highest BCUT2D eigenvalue weighted by atomic mass is 19.4. The van der Waals surface area contributed by atoms with Crippen LogP contribution in [0.2, 0.25) is 0 Å². The van der Waals surface area contributed by atoms with E-state index in [4.69, 9.17) is 0 Å². The molecule has 71 valence electrons. The van der Waals surface area contributed by atoms with Crippen molar-refractivity contribution in [2.24, 2.45) is 0 Å². The Morgan fingerprint density at radius 1 is 1.46 bits per heavy atom. The molecule has 0 N–H and O–H groups in total. The third-order valence-electron chi connectivity index (χ3n) is 1.52. The van der Waals surface area contributed by atoms with Gasteiger partial charge < -0.3 is 4.74 Å². The fourth-order valence-corrected chi connectivity index (χ4v) is 0.959. The number of halogens is 3. The second-order valence-corrected chi connectivity index (χ2v) is 2.44. The summed E-state index contributed by atoms with van der Waals surface area (Å²) < 4.78 is 39.3. The van der Waals surface area contributed by atoms with Gasteiger partial charge in [-0.15, -0.1) is 13.2 Å². The Bertz CT molecular complexity index is 280. The van der Waals surface area contributed by atoms with E-state index in [9.17, 15) is 13.2 Å². The average Bonchev–Trinajstić information content (AvgIpc) is 2.02. The number of ether oxygens (including phenoxy) is 1. The van der Waals surface area contributed by atoms with Gasteiger partial charge in [-0.3, -0.25) is 0 Å². The normalized spacial score (nSPS) is 11.4. The van der Waals surface area contributed by atoms with Gasteiger partial charge in [-0.25, -0.2) is 0 Å². The number of aryl methyl sites for hydroxylation is 1. The average molecular weight is 189 g/mol. The molecule has 0 saturated heterocycles. The van der Waals surface area contributed by atoms with Crippen LogP contribution in [0.3, 0.4) is 0 Å². The molecule has 4 heteroatoms. The van der Waals surface area contributed by atoms with E-state index in [1.54, 1.807) is 19.1 Å². The maximum absolute atomic E-state index is 11.8. The number of alkyl halides is 3. The van der Waals surface area contributed by atoms with E-state index in [2.05, 4.69) is 10.8 Å². The fraction of sp³-hybridized carbons (Fsp3) is 0.333. The van der Waals surface area contributed by atoms with E-state index in [0.717, 1.165) is 0 Å². The highest BCUT2D eigenvalue weighted by Gasteiger charge is 2.31. The Morgan fingerprint density at radius 3 is 2.69 bits per heavy atom. The van der Waals surface area contributed by atoms with E-state index < -0.39 is 6.36 Å². The molecule has 0 aliphatic heterocycles. The van der Waals surface area contributed by atoms with Gasteiger partial charge in [0, 0.05) is 0 Å². The van der Waals surface area contributed by atoms with Crippen LogP contribution in [0, 0.1) is 6.07 Å². The highest BCUT2D eigenvalue weighted by Crippen LogP contribution is 2.25. The maximum Gasteiger partial charge on any atom is 0.573 e. The summed E-state index contributed by atoms with van der Waals surface area (Å²) in [5.74, 6) is -0.169. The van der Waals surface area contributed by atoms with Crippen LogP contribution < -0.4 is 4.74 Å². The van der Waals surface area contributed by atoms with Gasteiger partial charge in [0.2, 0.25) is 0 Å². The first-order chi connectivity index (χ1) is 6.03. The van der Waals surface area contributed by atoms with Crippen molar-refractivity contribution in [3.63, 3.8) is 0 Å². The van der Waals surface area contributed by atoms with Crippen molar-refractivity contribution in [2.75, 3.05) is 0 Å². The predicted octanol–water partition coefficient (Wildman–Crippen LogP) is 2.95. The summed E-state index contributed by atoms with van der Waals surface area (Å²) in [5.41, 5.74) is 0.524. The van der Waals surface area contributed by atoms with E-state index in [1.807, 2.05) is 0 Å². The van der Waals surface area contributed by atoms with Crippen molar-refractivity contribution in [1.29, 1.82) is 0 Å². The standard InChI is InChI=1S/C9H8F3O/c1-2-7-5-3-4-6-8(7)13-9(10,11)12/h3,5-6H,2H2,1H3. The third-order valence-corrected chi connectivity index (χ3v) is 1.52. The Kier molecular flexibility index (Phi) is 2.80. The summed E-state index contributed by atoms with van der Waals surface area (Å²) in [4.78, 5) is 0. The van der Waals surface area contributed by atoms with Gasteiger partial charge in [0.05, 0.1) is 0 Å². The lowest BCUT2D eigenvalue weighted by Crippen LogP contribution is -2.18. The van der Waals surface area contributed by atoms with E-state index >= 15 is 0 Å². The molecule has 1 radical (unpaired) electrons. The summed E-state index contributed by atoms with van der Waals surface area (Å²) in [6.07, 6.45) is -4.13. The van der Waals surface area contributed by atoms with Crippen molar-refractivity contribution in [2.45, 2.75) is 19.7 Å². The molecular weight excluding hydrogens is 181 g/mol. The monoisotopic (exact) mass is 189 g/mol. The molecule has 0 aromatic heterocycles. The van der Waals surface area contributed by atoms with Gasteiger partial charge in [0.15, 0.2) is 0 Å². The zero-order valence-electron chi connectivity index (χ0n) is 6.98. The molecule has 1 aromatic carbocycles. The summed E-state index contributed by atoms with van der Waals surface area (Å²) in [6.45, 7) is 1.76. The van der Waals surface area contributed by atoms with Crippen LogP contribution in [-0.2, 0) is 6.42 Å². The Hall–Kier alpha value is -1.19. The fourth-order valence-electron chi connectivity index (χ4n) is 0.959. The van der Waals surface area contributed by atoms with Crippen molar-refractivity contribution < 1.29 is 17.9 Å². The SMILES string of the molecule is CCc1cc[c]cc1OC(F)(F)F. The first kappa shape index (κ1) is 9.89. The van der Waals surface area contributed by atoms with Gasteiger partial charge >= 0.3 is 6.36 Å². The van der Waals surface area contributed by atoms with Crippen LogP contribution in [-0.4, -0.2) is 6.36 Å². The molecule has 0 unspecified atom stereocenters. The van der Waals surface area contributed by atoms with Gasteiger partial charge in [-0.1, -0.05) is 19.1 Å². The first-order valence-corrected chi connectivity index (χ1v) is 3.77. The summed E-state index contributed by atoms with van der Waals surface area (Å²) >= 11 is 0. The van der Waals surface area contributed by atoms with E-state index in [1.165, 1.54) is 6.07 Å². The number of rotatable bonds is 2. The van der Waals surface area contributed by atoms with Gasteiger partial charge in [0.25, 0.3) is 0 Å². The van der Waals surface area contributed by atoms with Crippen LogP contribution >= 0.6 is 0 Å². The minimum absolute atomic E-state index is 0.169. The maximum atomic E-state index is 11.8. The van der Waals surface area contributed by atoms with Crippen LogP contribution in [0.25, 0.3) is 0 Å². The molecule has 0 bridgehead atoms. The van der Waals surface area contributed by atoms with Crippen molar-refractivity contribution >= 4 is 0 Å². The molecule has 0 spiro atoms. The van der Waals surface area contributed by atoms with Gasteiger partial charge in [-0.05, 0) is 24.1 Å². The number of hydrogen-bond acceptors (Lipinski definition) is 1.